The number of anilines is 2. The molecule has 0 spiro atoms. The summed E-state index contributed by atoms with van der Waals surface area (Å²) in [4.78, 5) is 33.8. The Kier molecular flexibility index (Phi) is 6.49. The number of fused-ring (bicyclic) bond motifs is 1. The van der Waals surface area contributed by atoms with E-state index in [-0.39, 0.29) is 28.9 Å². The third-order valence-electron chi connectivity index (χ3n) is 7.49. The highest BCUT2D eigenvalue weighted by Gasteiger charge is 2.42. The fraction of sp³-hybridized carbons (Fsp3) is 0.344. The monoisotopic (exact) mass is 493 g/mol. The number of amides is 1. The summed E-state index contributed by atoms with van der Waals surface area (Å²) in [7, 11) is 0. The fourth-order valence-electron chi connectivity index (χ4n) is 5.46. The molecule has 2 unspecified atom stereocenters. The lowest BCUT2D eigenvalue weighted by molar-refractivity contribution is -0.121. The van der Waals surface area contributed by atoms with Crippen LogP contribution in [0.1, 0.15) is 76.1 Å². The lowest BCUT2D eigenvalue weighted by Gasteiger charge is -2.36. The number of ketones is 1. The summed E-state index contributed by atoms with van der Waals surface area (Å²) >= 11 is 0. The predicted molar refractivity (Wildman–Crippen MR) is 149 cm³/mol. The van der Waals surface area contributed by atoms with E-state index in [4.69, 9.17) is 0 Å². The summed E-state index contributed by atoms with van der Waals surface area (Å²) in [5.41, 5.74) is 6.62. The number of allylic oxidation sites excluding steroid dienone is 1. The third kappa shape index (κ3) is 4.71. The first-order valence-electron chi connectivity index (χ1n) is 13.1. The second-order valence-corrected chi connectivity index (χ2v) is 11.5. The number of benzene rings is 2. The normalized spacial score (nSPS) is 19.7. The number of hydrogen-bond acceptors (Lipinski definition) is 4. The molecule has 3 aromatic rings. The van der Waals surface area contributed by atoms with E-state index >= 15 is 0 Å². The van der Waals surface area contributed by atoms with Gasteiger partial charge < -0.3 is 5.32 Å². The largest absolute Gasteiger partial charge is 0.357 e. The van der Waals surface area contributed by atoms with Crippen LogP contribution in [0.15, 0.2) is 84.3 Å². The van der Waals surface area contributed by atoms with Crippen molar-refractivity contribution in [3.8, 4) is 0 Å². The molecule has 1 aromatic heterocycles. The van der Waals surface area contributed by atoms with Crippen LogP contribution >= 0.6 is 0 Å². The van der Waals surface area contributed by atoms with E-state index in [1.54, 1.807) is 12.4 Å². The predicted octanol–water partition coefficient (Wildman–Crippen LogP) is 6.94. The number of nitrogens with zero attached hydrogens (tertiary/aromatic N) is 2. The quantitative estimate of drug-likeness (QED) is 0.429. The number of nitrogens with one attached hydrogen (secondary N) is 1. The lowest BCUT2D eigenvalue weighted by Crippen LogP contribution is -2.40. The van der Waals surface area contributed by atoms with Crippen molar-refractivity contribution in [2.45, 2.75) is 64.8 Å². The summed E-state index contributed by atoms with van der Waals surface area (Å²) in [6.07, 6.45) is 4.57. The van der Waals surface area contributed by atoms with Gasteiger partial charge in [0.25, 0.3) is 0 Å². The molecular formula is C32H35N3O2. The zero-order valence-electron chi connectivity index (χ0n) is 22.3. The van der Waals surface area contributed by atoms with Crippen LogP contribution in [0.5, 0.6) is 0 Å². The van der Waals surface area contributed by atoms with Crippen LogP contribution < -0.4 is 10.2 Å². The maximum Gasteiger partial charge on any atom is 0.230 e. The molecule has 2 aliphatic rings. The van der Waals surface area contributed by atoms with Crippen molar-refractivity contribution in [1.82, 2.24) is 4.98 Å². The van der Waals surface area contributed by atoms with Gasteiger partial charge in [-0.05, 0) is 58.7 Å². The molecule has 0 saturated carbocycles. The van der Waals surface area contributed by atoms with Gasteiger partial charge in [0.15, 0.2) is 5.78 Å². The van der Waals surface area contributed by atoms with Crippen LogP contribution in [-0.4, -0.2) is 16.7 Å². The topological polar surface area (TPSA) is 62.3 Å². The summed E-state index contributed by atoms with van der Waals surface area (Å²) in [5, 5.41) is 3.60. The highest BCUT2D eigenvalue weighted by molar-refractivity contribution is 6.06. The van der Waals surface area contributed by atoms with Gasteiger partial charge in [-0.1, -0.05) is 71.0 Å². The number of Topliss-reactive ketones (excluding diaryl/α,β-unsaturated/α-hetero) is 1. The SMILES string of the molecule is CC(C)C(=O)N1c2ccccc2NC2=C(C(=O)CC(c3ccc(C(C)(C)C)cc3)C2)C1c1ccncc1. The first-order valence-corrected chi connectivity index (χ1v) is 13.1. The number of aromatic nitrogens is 1. The Labute approximate surface area is 219 Å². The molecule has 37 heavy (non-hydrogen) atoms. The van der Waals surface area contributed by atoms with Crippen LogP contribution in [0.3, 0.4) is 0 Å². The van der Waals surface area contributed by atoms with Gasteiger partial charge >= 0.3 is 0 Å². The van der Waals surface area contributed by atoms with Crippen LogP contribution in [0.25, 0.3) is 0 Å². The number of carbonyl (C=O) groups excluding carboxylic acids is 2. The molecule has 0 saturated heterocycles. The Morgan fingerprint density at radius 2 is 1.62 bits per heavy atom. The smallest absolute Gasteiger partial charge is 0.230 e. The van der Waals surface area contributed by atoms with Gasteiger partial charge in [-0.15, -0.1) is 0 Å². The van der Waals surface area contributed by atoms with Crippen LogP contribution in [0.4, 0.5) is 11.4 Å². The van der Waals surface area contributed by atoms with E-state index in [1.807, 2.05) is 55.1 Å². The standard InChI is InChI=1S/C32H35N3O2/c1-20(2)31(37)35-27-9-7-6-8-25(27)34-26-18-23(21-10-12-24(13-11-21)32(3,4)5)19-28(36)29(26)30(35)22-14-16-33-17-15-22/h6-17,20,23,30,34H,18-19H2,1-5H3. The van der Waals surface area contributed by atoms with Gasteiger partial charge in [0.1, 0.15) is 0 Å². The molecule has 2 heterocycles. The van der Waals surface area contributed by atoms with Gasteiger partial charge in [0, 0.05) is 36.0 Å². The van der Waals surface area contributed by atoms with Gasteiger partial charge in [0.05, 0.1) is 17.4 Å². The molecule has 0 bridgehead atoms. The van der Waals surface area contributed by atoms with Crippen molar-refractivity contribution in [3.63, 3.8) is 0 Å². The number of hydrogen-bond donors (Lipinski definition) is 1. The van der Waals surface area contributed by atoms with E-state index in [0.717, 1.165) is 22.6 Å². The van der Waals surface area contributed by atoms with E-state index < -0.39 is 6.04 Å². The second kappa shape index (κ2) is 9.62. The van der Waals surface area contributed by atoms with E-state index in [0.29, 0.717) is 18.4 Å². The molecule has 0 radical (unpaired) electrons. The molecule has 2 aromatic carbocycles. The zero-order chi connectivity index (χ0) is 26.3. The number of carbonyl (C=O) groups is 2. The number of rotatable bonds is 3. The minimum absolute atomic E-state index is 0.0162. The molecular weight excluding hydrogens is 458 g/mol. The van der Waals surface area contributed by atoms with E-state index in [2.05, 4.69) is 55.3 Å². The summed E-state index contributed by atoms with van der Waals surface area (Å²) < 4.78 is 0. The highest BCUT2D eigenvalue weighted by Crippen LogP contribution is 2.47. The Morgan fingerprint density at radius 1 is 0.946 bits per heavy atom. The average Bonchev–Trinajstić information content (AvgIpc) is 3.03. The Morgan fingerprint density at radius 3 is 2.27 bits per heavy atom. The Balaban J connectivity index is 1.64. The number of para-hydroxylation sites is 2. The van der Waals surface area contributed by atoms with Gasteiger partial charge in [-0.25, -0.2) is 0 Å². The van der Waals surface area contributed by atoms with Crippen molar-refractivity contribution < 1.29 is 9.59 Å². The van der Waals surface area contributed by atoms with Crippen molar-refractivity contribution in [2.24, 2.45) is 5.92 Å². The molecule has 1 amide bonds. The van der Waals surface area contributed by atoms with Crippen LogP contribution in [0.2, 0.25) is 0 Å². The molecule has 5 heteroatoms. The molecule has 1 N–H and O–H groups in total. The molecule has 1 aliphatic heterocycles. The summed E-state index contributed by atoms with van der Waals surface area (Å²) in [6.45, 7) is 10.4. The summed E-state index contributed by atoms with van der Waals surface area (Å²) in [5.74, 6) is -0.0926. The van der Waals surface area contributed by atoms with Crippen LogP contribution in [0, 0.1) is 5.92 Å². The van der Waals surface area contributed by atoms with Gasteiger partial charge in [0.2, 0.25) is 5.91 Å². The van der Waals surface area contributed by atoms with E-state index in [1.165, 1.54) is 11.1 Å². The molecule has 1 aliphatic carbocycles. The van der Waals surface area contributed by atoms with E-state index in [9.17, 15) is 9.59 Å². The van der Waals surface area contributed by atoms with Crippen molar-refractivity contribution in [3.05, 3.63) is 101 Å². The lowest BCUT2D eigenvalue weighted by atomic mass is 9.77. The summed E-state index contributed by atoms with van der Waals surface area (Å²) in [6, 6.07) is 19.9. The maximum atomic E-state index is 14.0. The Bertz CT molecular complexity index is 1350. The number of pyridine rings is 1. The van der Waals surface area contributed by atoms with Crippen molar-refractivity contribution in [1.29, 1.82) is 0 Å². The minimum Gasteiger partial charge on any atom is -0.357 e. The fourth-order valence-corrected chi connectivity index (χ4v) is 5.46. The van der Waals surface area contributed by atoms with Gasteiger partial charge in [-0.2, -0.15) is 0 Å². The maximum absolute atomic E-state index is 14.0. The molecule has 190 valence electrons. The van der Waals surface area contributed by atoms with Crippen molar-refractivity contribution >= 4 is 23.1 Å². The van der Waals surface area contributed by atoms with Crippen molar-refractivity contribution in [2.75, 3.05) is 10.2 Å². The molecule has 0 fully saturated rings. The van der Waals surface area contributed by atoms with Crippen LogP contribution in [-0.2, 0) is 15.0 Å². The first-order chi connectivity index (χ1) is 17.6. The highest BCUT2D eigenvalue weighted by atomic mass is 16.2. The minimum atomic E-state index is -0.513. The first kappa shape index (κ1) is 24.9. The molecule has 5 rings (SSSR count). The molecule has 2 atom stereocenters. The van der Waals surface area contributed by atoms with Gasteiger partial charge in [-0.3, -0.25) is 19.5 Å². The third-order valence-corrected chi connectivity index (χ3v) is 7.49. The zero-order valence-corrected chi connectivity index (χ0v) is 22.3. The molecule has 5 nitrogen and oxygen atoms in total. The second-order valence-electron chi connectivity index (χ2n) is 11.5. The average molecular weight is 494 g/mol. The Hall–Kier alpha value is -3.73.